The molecule has 8 nitrogen and oxygen atoms in total. The SMILES string of the molecule is CCCCCOCC(O)COP(=O)(O)O.NCCO. The lowest BCUT2D eigenvalue weighted by Gasteiger charge is -2.11. The molecule has 0 aromatic rings. The molecule has 0 saturated carbocycles. The maximum absolute atomic E-state index is 10.3. The van der Waals surface area contributed by atoms with E-state index in [4.69, 9.17) is 25.4 Å². The number of hydrogen-bond acceptors (Lipinski definition) is 6. The number of phosphoric acid groups is 1. The fourth-order valence-electron chi connectivity index (χ4n) is 0.905. The number of phosphoric ester groups is 1. The van der Waals surface area contributed by atoms with E-state index in [1.165, 1.54) is 0 Å². The van der Waals surface area contributed by atoms with Crippen molar-refractivity contribution in [1.82, 2.24) is 0 Å². The van der Waals surface area contributed by atoms with Crippen molar-refractivity contribution in [1.29, 1.82) is 0 Å². The summed E-state index contributed by atoms with van der Waals surface area (Å²) in [6.45, 7) is 2.70. The van der Waals surface area contributed by atoms with Crippen molar-refractivity contribution in [3.63, 3.8) is 0 Å². The van der Waals surface area contributed by atoms with E-state index in [9.17, 15) is 9.67 Å². The van der Waals surface area contributed by atoms with Crippen molar-refractivity contribution in [2.75, 3.05) is 33.0 Å². The Labute approximate surface area is 113 Å². The first-order valence-corrected chi connectivity index (χ1v) is 7.67. The zero-order valence-corrected chi connectivity index (χ0v) is 12.2. The van der Waals surface area contributed by atoms with Crippen molar-refractivity contribution in [2.45, 2.75) is 32.3 Å². The van der Waals surface area contributed by atoms with Gasteiger partial charge < -0.3 is 30.5 Å². The van der Waals surface area contributed by atoms with Gasteiger partial charge in [0, 0.05) is 13.2 Å². The molecule has 0 aliphatic carbocycles. The van der Waals surface area contributed by atoms with Gasteiger partial charge in [-0.15, -0.1) is 0 Å². The van der Waals surface area contributed by atoms with Crippen LogP contribution in [0.2, 0.25) is 0 Å². The summed E-state index contributed by atoms with van der Waals surface area (Å²) in [4.78, 5) is 16.7. The van der Waals surface area contributed by atoms with Gasteiger partial charge in [0.2, 0.25) is 0 Å². The van der Waals surface area contributed by atoms with Crippen molar-refractivity contribution in [2.24, 2.45) is 5.73 Å². The maximum atomic E-state index is 10.3. The molecule has 0 rings (SSSR count). The van der Waals surface area contributed by atoms with E-state index in [0.29, 0.717) is 13.2 Å². The Morgan fingerprint density at radius 1 is 1.26 bits per heavy atom. The summed E-state index contributed by atoms with van der Waals surface area (Å²) < 4.78 is 19.5. The van der Waals surface area contributed by atoms with Crippen LogP contribution in [0.5, 0.6) is 0 Å². The van der Waals surface area contributed by atoms with Crippen LogP contribution in [0.15, 0.2) is 0 Å². The van der Waals surface area contributed by atoms with Crippen LogP contribution in [-0.4, -0.2) is 59.1 Å². The molecule has 1 atom stereocenters. The first-order chi connectivity index (χ1) is 8.87. The van der Waals surface area contributed by atoms with Crippen molar-refractivity contribution in [3.05, 3.63) is 0 Å². The Morgan fingerprint density at radius 3 is 2.26 bits per heavy atom. The summed E-state index contributed by atoms with van der Waals surface area (Å²) in [6.07, 6.45) is 2.07. The van der Waals surface area contributed by atoms with E-state index in [1.807, 2.05) is 0 Å². The molecule has 0 aromatic heterocycles. The van der Waals surface area contributed by atoms with Crippen LogP contribution in [-0.2, 0) is 13.8 Å². The summed E-state index contributed by atoms with van der Waals surface area (Å²) in [5, 5.41) is 16.9. The van der Waals surface area contributed by atoms with E-state index in [1.54, 1.807) is 0 Å². The largest absolute Gasteiger partial charge is 0.469 e. The molecule has 0 spiro atoms. The number of aliphatic hydroxyl groups excluding tert-OH is 2. The maximum Gasteiger partial charge on any atom is 0.469 e. The first kappa shape index (κ1) is 21.3. The smallest absolute Gasteiger partial charge is 0.395 e. The monoisotopic (exact) mass is 303 g/mol. The molecule has 0 radical (unpaired) electrons. The summed E-state index contributed by atoms with van der Waals surface area (Å²) in [5.41, 5.74) is 4.78. The lowest BCUT2D eigenvalue weighted by atomic mass is 10.3. The van der Waals surface area contributed by atoms with Crippen LogP contribution in [0.3, 0.4) is 0 Å². The van der Waals surface area contributed by atoms with Crippen molar-refractivity contribution >= 4 is 7.82 Å². The quantitative estimate of drug-likeness (QED) is 0.271. The first-order valence-electron chi connectivity index (χ1n) is 6.14. The molecule has 19 heavy (non-hydrogen) atoms. The lowest BCUT2D eigenvalue weighted by Crippen LogP contribution is -2.21. The highest BCUT2D eigenvalue weighted by molar-refractivity contribution is 7.46. The third-order valence-electron chi connectivity index (χ3n) is 1.77. The predicted molar refractivity (Wildman–Crippen MR) is 70.5 cm³/mol. The van der Waals surface area contributed by atoms with Crippen molar-refractivity contribution < 1.29 is 33.8 Å². The minimum Gasteiger partial charge on any atom is -0.395 e. The van der Waals surface area contributed by atoms with E-state index >= 15 is 0 Å². The highest BCUT2D eigenvalue weighted by Crippen LogP contribution is 2.35. The Kier molecular flexibility index (Phi) is 16.1. The van der Waals surface area contributed by atoms with Gasteiger partial charge in [-0.2, -0.15) is 0 Å². The van der Waals surface area contributed by atoms with Gasteiger partial charge in [-0.1, -0.05) is 19.8 Å². The molecule has 0 fully saturated rings. The number of rotatable bonds is 10. The van der Waals surface area contributed by atoms with Crippen LogP contribution in [0, 0.1) is 0 Å². The molecule has 0 amide bonds. The zero-order chi connectivity index (χ0) is 15.1. The van der Waals surface area contributed by atoms with Gasteiger partial charge in [0.05, 0.1) is 19.8 Å². The van der Waals surface area contributed by atoms with Gasteiger partial charge in [0.15, 0.2) is 0 Å². The standard InChI is InChI=1S/C8H19O6P.C2H7NO/c1-2-3-4-5-13-6-8(9)7-14-15(10,11)12;3-1-2-4/h8-9H,2-7H2,1H3,(H2,10,11,12);4H,1-3H2. The van der Waals surface area contributed by atoms with Gasteiger partial charge in [-0.25, -0.2) is 4.57 Å². The average molecular weight is 303 g/mol. The lowest BCUT2D eigenvalue weighted by molar-refractivity contribution is 0.00483. The molecule has 0 aliphatic heterocycles. The van der Waals surface area contributed by atoms with Crippen molar-refractivity contribution in [3.8, 4) is 0 Å². The molecule has 0 aliphatic rings. The van der Waals surface area contributed by atoms with E-state index < -0.39 is 20.5 Å². The second-order valence-electron chi connectivity index (χ2n) is 3.73. The van der Waals surface area contributed by atoms with Gasteiger partial charge in [0.25, 0.3) is 0 Å². The number of hydrogen-bond donors (Lipinski definition) is 5. The zero-order valence-electron chi connectivity index (χ0n) is 11.3. The van der Waals surface area contributed by atoms with Crippen LogP contribution in [0.1, 0.15) is 26.2 Å². The molecular formula is C10H26NO7P. The Morgan fingerprint density at radius 2 is 1.84 bits per heavy atom. The minimum atomic E-state index is -4.48. The van der Waals surface area contributed by atoms with E-state index in [2.05, 4.69) is 11.4 Å². The number of ether oxygens (including phenoxy) is 1. The van der Waals surface area contributed by atoms with Crippen LogP contribution in [0.4, 0.5) is 0 Å². The Balaban J connectivity index is 0. The van der Waals surface area contributed by atoms with E-state index in [0.717, 1.165) is 19.3 Å². The molecule has 1 unspecified atom stereocenters. The number of unbranched alkanes of at least 4 members (excludes halogenated alkanes) is 2. The number of nitrogens with two attached hydrogens (primary N) is 1. The third-order valence-corrected chi connectivity index (χ3v) is 2.25. The van der Waals surface area contributed by atoms with Crippen LogP contribution >= 0.6 is 7.82 Å². The molecule has 0 aromatic carbocycles. The fourth-order valence-corrected chi connectivity index (χ4v) is 1.27. The molecule has 9 heteroatoms. The summed E-state index contributed by atoms with van der Waals surface area (Å²) in [6, 6.07) is 0. The number of aliphatic hydroxyl groups is 2. The molecule has 0 saturated heterocycles. The highest BCUT2D eigenvalue weighted by Gasteiger charge is 2.16. The summed E-state index contributed by atoms with van der Waals surface area (Å²) >= 11 is 0. The van der Waals surface area contributed by atoms with Gasteiger partial charge in [-0.3, -0.25) is 4.52 Å². The second-order valence-corrected chi connectivity index (χ2v) is 4.97. The van der Waals surface area contributed by atoms with Gasteiger partial charge in [0.1, 0.15) is 6.10 Å². The van der Waals surface area contributed by atoms with Gasteiger partial charge in [-0.05, 0) is 6.42 Å². The Bertz CT molecular complexity index is 222. The normalized spacial score (nSPS) is 12.7. The Hall–Kier alpha value is -0.0500. The topological polar surface area (TPSA) is 142 Å². The molecule has 0 heterocycles. The van der Waals surface area contributed by atoms with E-state index in [-0.39, 0.29) is 13.2 Å². The van der Waals surface area contributed by atoms with Crippen LogP contribution in [0.25, 0.3) is 0 Å². The molecule has 0 bridgehead atoms. The molecule has 6 N–H and O–H groups in total. The summed E-state index contributed by atoms with van der Waals surface area (Å²) in [5.74, 6) is 0. The second kappa shape index (κ2) is 14.4. The summed E-state index contributed by atoms with van der Waals surface area (Å²) in [7, 11) is -4.48. The third kappa shape index (κ3) is 23.5. The average Bonchev–Trinajstić information content (AvgIpc) is 2.35. The molecular weight excluding hydrogens is 277 g/mol. The fraction of sp³-hybridized carbons (Fsp3) is 1.00. The molecule has 118 valence electrons. The highest BCUT2D eigenvalue weighted by atomic mass is 31.2. The predicted octanol–water partition coefficient (Wildman–Crippen LogP) is -0.399. The minimum absolute atomic E-state index is 0.0315. The van der Waals surface area contributed by atoms with Gasteiger partial charge >= 0.3 is 7.82 Å². The van der Waals surface area contributed by atoms with Crippen LogP contribution < -0.4 is 5.73 Å².